The molecule has 0 atom stereocenters. The van der Waals surface area contributed by atoms with Gasteiger partial charge in [-0.05, 0) is 49.7 Å². The number of fused-ring (bicyclic) bond motifs is 1. The molecular weight excluding hydrogens is 358 g/mol. The van der Waals surface area contributed by atoms with Gasteiger partial charge in [0.05, 0.1) is 10.4 Å². The number of carbonyl (C=O) groups is 1. The van der Waals surface area contributed by atoms with Crippen LogP contribution in [0.25, 0.3) is 11.1 Å². The molecule has 26 heavy (non-hydrogen) atoms. The van der Waals surface area contributed by atoms with E-state index in [2.05, 4.69) is 4.72 Å². The van der Waals surface area contributed by atoms with Crippen LogP contribution in [0.4, 0.5) is 5.69 Å². The van der Waals surface area contributed by atoms with Gasteiger partial charge in [0.1, 0.15) is 0 Å². The summed E-state index contributed by atoms with van der Waals surface area (Å²) in [6.07, 6.45) is 0. The predicted octanol–water partition coefficient (Wildman–Crippen LogP) is 1.82. The molecule has 1 heterocycles. The fourth-order valence-corrected chi connectivity index (χ4v) is 4.00. The second-order valence-corrected chi connectivity index (χ2v) is 7.40. The molecule has 0 fully saturated rings. The van der Waals surface area contributed by atoms with E-state index in [9.17, 15) is 18.0 Å². The molecule has 0 unspecified atom stereocenters. The number of carbonyl (C=O) groups excluding carboxylic acids is 1. The van der Waals surface area contributed by atoms with Gasteiger partial charge in [0.25, 0.3) is 10.0 Å². The second kappa shape index (κ2) is 6.34. The van der Waals surface area contributed by atoms with Gasteiger partial charge >= 0.3 is 5.76 Å². The Morgan fingerprint density at radius 1 is 1.23 bits per heavy atom. The number of nitrogens with two attached hydrogens (primary N) is 1. The molecule has 8 nitrogen and oxygen atoms in total. The Hall–Kier alpha value is -3.07. The largest absolute Gasteiger partial charge is 0.419 e. The summed E-state index contributed by atoms with van der Waals surface area (Å²) in [7, 11) is -3.92. The lowest BCUT2D eigenvalue weighted by atomic mass is 10.2. The van der Waals surface area contributed by atoms with E-state index in [1.165, 1.54) is 34.9 Å². The van der Waals surface area contributed by atoms with Gasteiger partial charge < -0.3 is 10.2 Å². The number of benzene rings is 2. The van der Waals surface area contributed by atoms with Crippen LogP contribution in [0.15, 0.2) is 50.5 Å². The summed E-state index contributed by atoms with van der Waals surface area (Å²) in [6, 6.07) is 8.68. The molecule has 0 aliphatic heterocycles. The minimum Gasteiger partial charge on any atom is -0.408 e. The highest BCUT2D eigenvalue weighted by atomic mass is 32.2. The fraction of sp³-hybridized carbons (Fsp3) is 0.176. The topological polar surface area (TPSA) is 124 Å². The van der Waals surface area contributed by atoms with Crippen LogP contribution in [0.3, 0.4) is 0 Å². The third-order valence-electron chi connectivity index (χ3n) is 3.99. The van der Waals surface area contributed by atoms with Gasteiger partial charge in [0, 0.05) is 23.9 Å². The van der Waals surface area contributed by atoms with Crippen molar-refractivity contribution in [3.8, 4) is 0 Å². The first-order valence-corrected chi connectivity index (χ1v) is 9.28. The average Bonchev–Trinajstić information content (AvgIpc) is 2.88. The average molecular weight is 375 g/mol. The van der Waals surface area contributed by atoms with Crippen molar-refractivity contribution in [1.29, 1.82) is 0 Å². The molecule has 3 N–H and O–H groups in total. The molecule has 1 amide bonds. The number of primary amides is 1. The maximum atomic E-state index is 12.7. The Bertz CT molecular complexity index is 1160. The van der Waals surface area contributed by atoms with Crippen molar-refractivity contribution in [2.75, 3.05) is 4.72 Å². The summed E-state index contributed by atoms with van der Waals surface area (Å²) in [5, 5.41) is 0. The number of nitrogens with zero attached hydrogens (tertiary/aromatic N) is 1. The van der Waals surface area contributed by atoms with Gasteiger partial charge in [-0.2, -0.15) is 0 Å². The lowest BCUT2D eigenvalue weighted by Gasteiger charge is -2.11. The number of amides is 1. The van der Waals surface area contributed by atoms with E-state index in [-0.39, 0.29) is 21.7 Å². The van der Waals surface area contributed by atoms with Crippen LogP contribution in [-0.2, 0) is 16.6 Å². The van der Waals surface area contributed by atoms with Crippen molar-refractivity contribution >= 4 is 32.7 Å². The first-order valence-electron chi connectivity index (χ1n) is 7.79. The quantitative estimate of drug-likeness (QED) is 0.704. The molecule has 0 saturated carbocycles. The highest BCUT2D eigenvalue weighted by Crippen LogP contribution is 2.25. The van der Waals surface area contributed by atoms with Crippen LogP contribution < -0.4 is 16.2 Å². The lowest BCUT2D eigenvalue weighted by molar-refractivity contribution is 0.100. The van der Waals surface area contributed by atoms with Gasteiger partial charge in [-0.15, -0.1) is 0 Å². The molecule has 0 bridgehead atoms. The van der Waals surface area contributed by atoms with Crippen molar-refractivity contribution in [3.05, 3.63) is 58.1 Å². The Labute approximate surface area is 149 Å². The zero-order chi connectivity index (χ0) is 19.1. The van der Waals surface area contributed by atoms with Gasteiger partial charge in [0.15, 0.2) is 5.58 Å². The van der Waals surface area contributed by atoms with E-state index in [0.717, 1.165) is 0 Å². The molecule has 9 heteroatoms. The van der Waals surface area contributed by atoms with E-state index in [0.29, 0.717) is 17.6 Å². The van der Waals surface area contributed by atoms with Gasteiger partial charge in [-0.25, -0.2) is 13.2 Å². The lowest BCUT2D eigenvalue weighted by Crippen LogP contribution is -2.15. The number of hydrogen-bond donors (Lipinski definition) is 2. The van der Waals surface area contributed by atoms with Gasteiger partial charge in [-0.3, -0.25) is 14.1 Å². The third kappa shape index (κ3) is 3.08. The molecular formula is C17H17N3O5S. The zero-order valence-electron chi connectivity index (χ0n) is 14.1. The molecule has 2 aromatic carbocycles. The van der Waals surface area contributed by atoms with Crippen LogP contribution in [0.5, 0.6) is 0 Å². The summed E-state index contributed by atoms with van der Waals surface area (Å²) >= 11 is 0. The molecule has 0 saturated heterocycles. The molecule has 0 aliphatic carbocycles. The highest BCUT2D eigenvalue weighted by Gasteiger charge is 2.20. The third-order valence-corrected chi connectivity index (χ3v) is 5.52. The first-order chi connectivity index (χ1) is 12.2. The molecule has 3 rings (SSSR count). The number of aromatic nitrogens is 1. The summed E-state index contributed by atoms with van der Waals surface area (Å²) in [5.41, 5.74) is 6.93. The van der Waals surface area contributed by atoms with Gasteiger partial charge in [0.2, 0.25) is 5.91 Å². The number of nitrogens with one attached hydrogen (secondary N) is 1. The zero-order valence-corrected chi connectivity index (χ0v) is 15.0. The minimum absolute atomic E-state index is 0.000908. The summed E-state index contributed by atoms with van der Waals surface area (Å²) in [5.74, 6) is -1.14. The van der Waals surface area contributed by atoms with E-state index in [1.807, 2.05) is 0 Å². The summed E-state index contributed by atoms with van der Waals surface area (Å²) < 4.78 is 34.4. The van der Waals surface area contributed by atoms with Crippen LogP contribution in [0.1, 0.15) is 22.8 Å². The molecule has 1 aromatic heterocycles. The summed E-state index contributed by atoms with van der Waals surface area (Å²) in [6.45, 7) is 3.86. The van der Waals surface area contributed by atoms with Crippen molar-refractivity contribution < 1.29 is 17.6 Å². The number of hydrogen-bond acceptors (Lipinski definition) is 5. The summed E-state index contributed by atoms with van der Waals surface area (Å²) in [4.78, 5) is 22.9. The smallest absolute Gasteiger partial charge is 0.408 e. The van der Waals surface area contributed by atoms with Crippen molar-refractivity contribution in [1.82, 2.24) is 4.57 Å². The number of aryl methyl sites for hydroxylation is 2. The van der Waals surface area contributed by atoms with E-state index in [1.54, 1.807) is 19.9 Å². The fourth-order valence-electron chi connectivity index (χ4n) is 2.70. The van der Waals surface area contributed by atoms with Crippen molar-refractivity contribution in [2.45, 2.75) is 25.3 Å². The Kier molecular flexibility index (Phi) is 4.33. The number of sulfonamides is 1. The minimum atomic E-state index is -3.92. The maximum absolute atomic E-state index is 12.7. The van der Waals surface area contributed by atoms with Crippen LogP contribution in [0, 0.1) is 6.92 Å². The van der Waals surface area contributed by atoms with Crippen molar-refractivity contribution in [3.63, 3.8) is 0 Å². The molecule has 0 aliphatic rings. The van der Waals surface area contributed by atoms with Crippen LogP contribution >= 0.6 is 0 Å². The Balaban J connectivity index is 2.02. The van der Waals surface area contributed by atoms with E-state index in [4.69, 9.17) is 10.2 Å². The number of anilines is 1. The second-order valence-electron chi connectivity index (χ2n) is 5.74. The molecule has 0 spiro atoms. The molecule has 3 aromatic rings. The molecule has 136 valence electrons. The SMILES string of the molecule is CCn1c(=O)oc2cc(S(=O)(=O)Nc3ccc(C(N)=O)cc3)c(C)cc21. The van der Waals surface area contributed by atoms with E-state index < -0.39 is 21.7 Å². The highest BCUT2D eigenvalue weighted by molar-refractivity contribution is 7.92. The first kappa shape index (κ1) is 17.7. The predicted molar refractivity (Wildman–Crippen MR) is 96.7 cm³/mol. The van der Waals surface area contributed by atoms with Crippen LogP contribution in [-0.4, -0.2) is 18.9 Å². The van der Waals surface area contributed by atoms with Gasteiger partial charge in [-0.1, -0.05) is 0 Å². The normalized spacial score (nSPS) is 11.6. The monoisotopic (exact) mass is 375 g/mol. The number of oxazole rings is 1. The Morgan fingerprint density at radius 2 is 1.88 bits per heavy atom. The maximum Gasteiger partial charge on any atom is 0.419 e. The van der Waals surface area contributed by atoms with Crippen LogP contribution in [0.2, 0.25) is 0 Å². The molecule has 0 radical (unpaired) electrons. The van der Waals surface area contributed by atoms with E-state index >= 15 is 0 Å². The number of rotatable bonds is 5. The standard InChI is InChI=1S/C17H17N3O5S/c1-3-20-13-8-10(2)15(9-14(13)25-17(20)22)26(23,24)19-12-6-4-11(5-7-12)16(18)21/h4-9,19H,3H2,1-2H3,(H2,18,21). The van der Waals surface area contributed by atoms with Crippen molar-refractivity contribution in [2.24, 2.45) is 5.73 Å². The Morgan fingerprint density at radius 3 is 2.46 bits per heavy atom.